The van der Waals surface area contributed by atoms with E-state index in [1.54, 1.807) is 0 Å². The molecule has 132 valence electrons. The zero-order chi connectivity index (χ0) is 17.9. The monoisotopic (exact) mass is 350 g/mol. The number of carbonyl (C=O) groups excluding carboxylic acids is 1. The SMILES string of the molecule is O=C(Nc1ccc(OC(F)(F)F)cc1)NC(c1ccccc1)C1CC1. The Labute approximate surface area is 143 Å². The Bertz CT molecular complexity index is 713. The van der Waals surface area contributed by atoms with Gasteiger partial charge in [-0.1, -0.05) is 30.3 Å². The predicted octanol–water partition coefficient (Wildman–Crippen LogP) is 4.86. The van der Waals surface area contributed by atoms with Gasteiger partial charge in [-0.2, -0.15) is 0 Å². The molecule has 0 radical (unpaired) electrons. The molecule has 2 amide bonds. The van der Waals surface area contributed by atoms with Crippen molar-refractivity contribution in [3.05, 3.63) is 60.2 Å². The average molecular weight is 350 g/mol. The number of rotatable bonds is 5. The minimum absolute atomic E-state index is 0.0750. The summed E-state index contributed by atoms with van der Waals surface area (Å²) in [4.78, 5) is 12.2. The zero-order valence-corrected chi connectivity index (χ0v) is 13.2. The molecular weight excluding hydrogens is 333 g/mol. The molecular formula is C18H17F3N2O2. The first-order chi connectivity index (χ1) is 11.9. The predicted molar refractivity (Wildman–Crippen MR) is 87.2 cm³/mol. The van der Waals surface area contributed by atoms with E-state index in [0.717, 1.165) is 30.5 Å². The molecule has 1 unspecified atom stereocenters. The van der Waals surface area contributed by atoms with Crippen molar-refractivity contribution < 1.29 is 22.7 Å². The molecule has 1 aliphatic carbocycles. The Hall–Kier alpha value is -2.70. The maximum atomic E-state index is 12.2. The highest BCUT2D eigenvalue weighted by Crippen LogP contribution is 2.40. The van der Waals surface area contributed by atoms with E-state index in [4.69, 9.17) is 0 Å². The summed E-state index contributed by atoms with van der Waals surface area (Å²) >= 11 is 0. The van der Waals surface area contributed by atoms with Gasteiger partial charge < -0.3 is 15.4 Å². The molecule has 1 saturated carbocycles. The van der Waals surface area contributed by atoms with Gasteiger partial charge in [0.05, 0.1) is 6.04 Å². The maximum Gasteiger partial charge on any atom is 0.573 e. The Morgan fingerprint density at radius 2 is 1.68 bits per heavy atom. The summed E-state index contributed by atoms with van der Waals surface area (Å²) in [7, 11) is 0. The van der Waals surface area contributed by atoms with Crippen LogP contribution in [0.4, 0.5) is 23.7 Å². The maximum absolute atomic E-state index is 12.2. The molecule has 2 aromatic carbocycles. The number of halogens is 3. The van der Waals surface area contributed by atoms with Crippen molar-refractivity contribution >= 4 is 11.7 Å². The number of anilines is 1. The van der Waals surface area contributed by atoms with Gasteiger partial charge in [0.15, 0.2) is 0 Å². The van der Waals surface area contributed by atoms with E-state index in [1.807, 2.05) is 30.3 Å². The van der Waals surface area contributed by atoms with Gasteiger partial charge in [-0.15, -0.1) is 13.2 Å². The van der Waals surface area contributed by atoms with E-state index in [1.165, 1.54) is 12.1 Å². The fraction of sp³-hybridized carbons (Fsp3) is 0.278. The van der Waals surface area contributed by atoms with Crippen LogP contribution < -0.4 is 15.4 Å². The van der Waals surface area contributed by atoms with E-state index in [0.29, 0.717) is 11.6 Å². The summed E-state index contributed by atoms with van der Waals surface area (Å²) in [5.41, 5.74) is 1.42. The normalized spacial score (nSPS) is 15.3. The van der Waals surface area contributed by atoms with E-state index < -0.39 is 12.4 Å². The zero-order valence-electron chi connectivity index (χ0n) is 13.2. The first-order valence-corrected chi connectivity index (χ1v) is 7.89. The molecule has 0 saturated heterocycles. The molecule has 1 atom stereocenters. The number of hydrogen-bond acceptors (Lipinski definition) is 2. The van der Waals surface area contributed by atoms with Crippen LogP contribution in [0.25, 0.3) is 0 Å². The molecule has 0 spiro atoms. The van der Waals surface area contributed by atoms with Gasteiger partial charge in [0.2, 0.25) is 0 Å². The van der Waals surface area contributed by atoms with Crippen molar-refractivity contribution in [2.75, 3.05) is 5.32 Å². The first kappa shape index (κ1) is 17.1. The second-order valence-electron chi connectivity index (χ2n) is 5.90. The third-order valence-corrected chi connectivity index (χ3v) is 3.88. The largest absolute Gasteiger partial charge is 0.573 e. The van der Waals surface area contributed by atoms with Crippen LogP contribution in [0, 0.1) is 5.92 Å². The van der Waals surface area contributed by atoms with Gasteiger partial charge in [-0.25, -0.2) is 4.79 Å². The molecule has 1 fully saturated rings. The molecule has 2 N–H and O–H groups in total. The smallest absolute Gasteiger partial charge is 0.406 e. The van der Waals surface area contributed by atoms with Crippen LogP contribution in [0.2, 0.25) is 0 Å². The fourth-order valence-corrected chi connectivity index (χ4v) is 2.61. The lowest BCUT2D eigenvalue weighted by Crippen LogP contribution is -2.33. The molecule has 7 heteroatoms. The van der Waals surface area contributed by atoms with Crippen LogP contribution in [-0.2, 0) is 0 Å². The highest BCUT2D eigenvalue weighted by Gasteiger charge is 2.33. The summed E-state index contributed by atoms with van der Waals surface area (Å²) in [6, 6.07) is 14.2. The van der Waals surface area contributed by atoms with Gasteiger partial charge in [0, 0.05) is 5.69 Å². The lowest BCUT2D eigenvalue weighted by atomic mass is 10.0. The number of amides is 2. The summed E-state index contributed by atoms with van der Waals surface area (Å²) < 4.78 is 40.2. The van der Waals surface area contributed by atoms with Crippen molar-refractivity contribution in [3.8, 4) is 5.75 Å². The van der Waals surface area contributed by atoms with Crippen LogP contribution in [0.5, 0.6) is 5.75 Å². The van der Waals surface area contributed by atoms with E-state index in [9.17, 15) is 18.0 Å². The summed E-state index contributed by atoms with van der Waals surface area (Å²) in [6.45, 7) is 0. The lowest BCUT2D eigenvalue weighted by molar-refractivity contribution is -0.274. The number of hydrogen-bond donors (Lipinski definition) is 2. The Kier molecular flexibility index (Phi) is 4.83. The third-order valence-electron chi connectivity index (χ3n) is 3.88. The topological polar surface area (TPSA) is 50.4 Å². The molecule has 0 heterocycles. The van der Waals surface area contributed by atoms with Crippen molar-refractivity contribution in [3.63, 3.8) is 0 Å². The molecule has 3 rings (SSSR count). The van der Waals surface area contributed by atoms with E-state index in [-0.39, 0.29) is 11.8 Å². The van der Waals surface area contributed by atoms with Crippen LogP contribution in [0.15, 0.2) is 54.6 Å². The second kappa shape index (κ2) is 7.04. The number of nitrogens with one attached hydrogen (secondary N) is 2. The summed E-state index contributed by atoms with van der Waals surface area (Å²) in [5.74, 6) is 0.0781. The number of ether oxygens (including phenoxy) is 1. The number of carbonyl (C=O) groups is 1. The number of benzene rings is 2. The van der Waals surface area contributed by atoms with Crippen molar-refractivity contribution in [2.45, 2.75) is 25.2 Å². The van der Waals surface area contributed by atoms with Gasteiger partial charge in [0.25, 0.3) is 0 Å². The van der Waals surface area contributed by atoms with Gasteiger partial charge in [0.1, 0.15) is 5.75 Å². The van der Waals surface area contributed by atoms with Crippen LogP contribution >= 0.6 is 0 Å². The number of urea groups is 1. The quantitative estimate of drug-likeness (QED) is 0.809. The van der Waals surface area contributed by atoms with Crippen molar-refractivity contribution in [1.29, 1.82) is 0 Å². The Morgan fingerprint density at radius 1 is 1.04 bits per heavy atom. The molecule has 0 aliphatic heterocycles. The Morgan fingerprint density at radius 3 is 2.24 bits per heavy atom. The van der Waals surface area contributed by atoms with Gasteiger partial charge >= 0.3 is 12.4 Å². The molecule has 0 aromatic heterocycles. The second-order valence-corrected chi connectivity index (χ2v) is 5.90. The highest BCUT2D eigenvalue weighted by atomic mass is 19.4. The minimum atomic E-state index is -4.74. The van der Waals surface area contributed by atoms with Crippen LogP contribution in [-0.4, -0.2) is 12.4 Å². The fourth-order valence-electron chi connectivity index (χ4n) is 2.61. The molecule has 1 aliphatic rings. The summed E-state index contributed by atoms with van der Waals surface area (Å²) in [5, 5.41) is 5.56. The minimum Gasteiger partial charge on any atom is -0.406 e. The van der Waals surface area contributed by atoms with Crippen molar-refractivity contribution in [1.82, 2.24) is 5.32 Å². The molecule has 2 aromatic rings. The average Bonchev–Trinajstić information content (AvgIpc) is 3.39. The standard InChI is InChI=1S/C18H17F3N2O2/c19-18(20,21)25-15-10-8-14(9-11-15)22-17(24)23-16(13-6-7-13)12-4-2-1-3-5-12/h1-5,8-11,13,16H,6-7H2,(H2,22,23,24). The van der Waals surface area contributed by atoms with Gasteiger partial charge in [-0.3, -0.25) is 0 Å². The summed E-state index contributed by atoms with van der Waals surface area (Å²) in [6.07, 6.45) is -2.62. The third kappa shape index (κ3) is 5.14. The van der Waals surface area contributed by atoms with Crippen molar-refractivity contribution in [2.24, 2.45) is 5.92 Å². The first-order valence-electron chi connectivity index (χ1n) is 7.89. The van der Waals surface area contributed by atoms with E-state index in [2.05, 4.69) is 15.4 Å². The Balaban J connectivity index is 1.60. The van der Waals surface area contributed by atoms with Crippen LogP contribution in [0.3, 0.4) is 0 Å². The molecule has 0 bridgehead atoms. The molecule has 25 heavy (non-hydrogen) atoms. The molecule has 4 nitrogen and oxygen atoms in total. The van der Waals surface area contributed by atoms with Crippen LogP contribution in [0.1, 0.15) is 24.4 Å². The van der Waals surface area contributed by atoms with Gasteiger partial charge in [-0.05, 0) is 48.6 Å². The van der Waals surface area contributed by atoms with E-state index >= 15 is 0 Å². The highest BCUT2D eigenvalue weighted by molar-refractivity contribution is 5.89. The lowest BCUT2D eigenvalue weighted by Gasteiger charge is -2.19. The number of alkyl halides is 3.